The standard InChI is InChI=1S/C20H24FN3O.HI/c1-22-20(23-12-15-5-6-15)24-13-16-7-9-19(10-8-16)25-14-17-3-2-4-18(21)11-17;/h2-4,7-11,15H,5-6,12-14H2,1H3,(H2,22,23,24);1H. The van der Waals surface area contributed by atoms with Gasteiger partial charge in [0.25, 0.3) is 0 Å². The zero-order valence-corrected chi connectivity index (χ0v) is 17.2. The summed E-state index contributed by atoms with van der Waals surface area (Å²) in [7, 11) is 1.78. The smallest absolute Gasteiger partial charge is 0.191 e. The van der Waals surface area contributed by atoms with Crippen LogP contribution in [0.1, 0.15) is 24.0 Å². The first-order valence-electron chi connectivity index (χ1n) is 8.63. The van der Waals surface area contributed by atoms with Crippen molar-refractivity contribution in [3.8, 4) is 5.75 Å². The van der Waals surface area contributed by atoms with Crippen LogP contribution in [0.3, 0.4) is 0 Å². The Morgan fingerprint density at radius 2 is 1.88 bits per heavy atom. The van der Waals surface area contributed by atoms with Gasteiger partial charge in [-0.05, 0) is 54.2 Å². The van der Waals surface area contributed by atoms with Gasteiger partial charge in [0.15, 0.2) is 5.96 Å². The number of benzene rings is 2. The molecule has 0 amide bonds. The number of guanidine groups is 1. The summed E-state index contributed by atoms with van der Waals surface area (Å²) in [5, 5.41) is 6.65. The highest BCUT2D eigenvalue weighted by Crippen LogP contribution is 2.27. The maximum Gasteiger partial charge on any atom is 0.191 e. The van der Waals surface area contributed by atoms with Gasteiger partial charge in [0.2, 0.25) is 0 Å². The first-order valence-corrected chi connectivity index (χ1v) is 8.63. The van der Waals surface area contributed by atoms with Gasteiger partial charge in [-0.2, -0.15) is 0 Å². The van der Waals surface area contributed by atoms with Crippen LogP contribution in [0.25, 0.3) is 0 Å². The lowest BCUT2D eigenvalue weighted by Crippen LogP contribution is -2.37. The van der Waals surface area contributed by atoms with Gasteiger partial charge in [-0.25, -0.2) is 4.39 Å². The number of nitrogens with one attached hydrogen (secondary N) is 2. The summed E-state index contributed by atoms with van der Waals surface area (Å²) >= 11 is 0. The highest BCUT2D eigenvalue weighted by atomic mass is 127. The molecule has 26 heavy (non-hydrogen) atoms. The predicted molar refractivity (Wildman–Crippen MR) is 114 cm³/mol. The Kier molecular flexibility index (Phi) is 8.15. The zero-order valence-electron chi connectivity index (χ0n) is 14.9. The normalized spacial score (nSPS) is 13.7. The summed E-state index contributed by atoms with van der Waals surface area (Å²) in [6.07, 6.45) is 2.64. The van der Waals surface area contributed by atoms with Crippen molar-refractivity contribution < 1.29 is 9.13 Å². The van der Waals surface area contributed by atoms with E-state index in [9.17, 15) is 4.39 Å². The maximum atomic E-state index is 13.2. The molecule has 0 unspecified atom stereocenters. The van der Waals surface area contributed by atoms with Crippen LogP contribution >= 0.6 is 24.0 Å². The first-order chi connectivity index (χ1) is 12.2. The molecule has 6 heteroatoms. The van der Waals surface area contributed by atoms with Crippen LogP contribution < -0.4 is 15.4 Å². The van der Waals surface area contributed by atoms with Crippen molar-refractivity contribution in [3.05, 3.63) is 65.5 Å². The van der Waals surface area contributed by atoms with Gasteiger partial charge in [-0.3, -0.25) is 4.99 Å². The molecule has 140 valence electrons. The summed E-state index contributed by atoms with van der Waals surface area (Å²) in [4.78, 5) is 4.23. The van der Waals surface area contributed by atoms with Crippen molar-refractivity contribution in [3.63, 3.8) is 0 Å². The molecule has 0 spiro atoms. The minimum Gasteiger partial charge on any atom is -0.489 e. The van der Waals surface area contributed by atoms with E-state index in [1.807, 2.05) is 30.3 Å². The van der Waals surface area contributed by atoms with Crippen LogP contribution in [0.5, 0.6) is 5.75 Å². The third-order valence-corrected chi connectivity index (χ3v) is 4.16. The van der Waals surface area contributed by atoms with Crippen molar-refractivity contribution in [2.24, 2.45) is 10.9 Å². The lowest BCUT2D eigenvalue weighted by atomic mass is 10.2. The second-order valence-corrected chi connectivity index (χ2v) is 6.31. The molecule has 0 heterocycles. The van der Waals surface area contributed by atoms with E-state index in [1.165, 1.54) is 25.0 Å². The highest BCUT2D eigenvalue weighted by molar-refractivity contribution is 14.0. The number of hydrogen-bond donors (Lipinski definition) is 2. The van der Waals surface area contributed by atoms with Crippen molar-refractivity contribution in [1.82, 2.24) is 10.6 Å². The SMILES string of the molecule is CN=C(NCc1ccc(OCc2cccc(F)c2)cc1)NCC1CC1.I. The summed E-state index contributed by atoms with van der Waals surface area (Å²) in [6, 6.07) is 14.3. The van der Waals surface area contributed by atoms with Crippen LogP contribution in [0, 0.1) is 11.7 Å². The largest absolute Gasteiger partial charge is 0.489 e. The number of rotatable bonds is 7. The average molecular weight is 469 g/mol. The Balaban J connectivity index is 0.00000243. The Morgan fingerprint density at radius 1 is 1.12 bits per heavy atom. The van der Waals surface area contributed by atoms with Crippen molar-refractivity contribution in [2.75, 3.05) is 13.6 Å². The lowest BCUT2D eigenvalue weighted by Gasteiger charge is -2.12. The second-order valence-electron chi connectivity index (χ2n) is 6.31. The molecule has 2 aromatic carbocycles. The van der Waals surface area contributed by atoms with E-state index in [1.54, 1.807) is 13.1 Å². The van der Waals surface area contributed by atoms with Gasteiger partial charge in [0, 0.05) is 20.1 Å². The Morgan fingerprint density at radius 3 is 2.54 bits per heavy atom. The third kappa shape index (κ3) is 6.82. The molecule has 1 aliphatic rings. The van der Waals surface area contributed by atoms with Gasteiger partial charge >= 0.3 is 0 Å². The zero-order chi connectivity index (χ0) is 17.5. The Bertz CT molecular complexity index is 717. The van der Waals surface area contributed by atoms with E-state index < -0.39 is 0 Å². The second kappa shape index (κ2) is 10.4. The molecule has 0 atom stereocenters. The molecule has 0 radical (unpaired) electrons. The molecule has 0 saturated heterocycles. The molecule has 1 fully saturated rings. The molecule has 0 aliphatic heterocycles. The monoisotopic (exact) mass is 469 g/mol. The minimum absolute atomic E-state index is 0. The lowest BCUT2D eigenvalue weighted by molar-refractivity contribution is 0.305. The molecular weight excluding hydrogens is 444 g/mol. The molecule has 1 saturated carbocycles. The number of halogens is 2. The Labute approximate surface area is 171 Å². The maximum absolute atomic E-state index is 13.2. The van der Waals surface area contributed by atoms with Crippen LogP contribution in [0.15, 0.2) is 53.5 Å². The fourth-order valence-electron chi connectivity index (χ4n) is 2.47. The summed E-state index contributed by atoms with van der Waals surface area (Å²) in [5.41, 5.74) is 1.96. The van der Waals surface area contributed by atoms with Crippen molar-refractivity contribution in [1.29, 1.82) is 0 Å². The fraction of sp³-hybridized carbons (Fsp3) is 0.350. The van der Waals surface area contributed by atoms with Gasteiger partial charge < -0.3 is 15.4 Å². The molecule has 3 rings (SSSR count). The molecule has 4 nitrogen and oxygen atoms in total. The third-order valence-electron chi connectivity index (χ3n) is 4.16. The number of aliphatic imine (C=N–C) groups is 1. The quantitative estimate of drug-likeness (QED) is 0.365. The van der Waals surface area contributed by atoms with Gasteiger partial charge in [-0.15, -0.1) is 24.0 Å². The van der Waals surface area contributed by atoms with Crippen LogP contribution in [0.2, 0.25) is 0 Å². The summed E-state index contributed by atoms with van der Waals surface area (Å²) < 4.78 is 18.8. The predicted octanol–water partition coefficient (Wildman–Crippen LogP) is 4.10. The molecule has 2 N–H and O–H groups in total. The Hall–Kier alpha value is -1.83. The van der Waals surface area contributed by atoms with Gasteiger partial charge in [0.1, 0.15) is 18.2 Å². The van der Waals surface area contributed by atoms with Crippen LogP contribution in [-0.2, 0) is 13.2 Å². The van der Waals surface area contributed by atoms with E-state index in [-0.39, 0.29) is 29.8 Å². The van der Waals surface area contributed by atoms with Gasteiger partial charge in [-0.1, -0.05) is 24.3 Å². The number of ether oxygens (including phenoxy) is 1. The van der Waals surface area contributed by atoms with E-state index in [0.717, 1.165) is 35.3 Å². The molecule has 0 bridgehead atoms. The van der Waals surface area contributed by atoms with E-state index in [0.29, 0.717) is 13.2 Å². The summed E-state index contributed by atoms with van der Waals surface area (Å²) in [5.74, 6) is 2.17. The van der Waals surface area contributed by atoms with Crippen LogP contribution in [-0.4, -0.2) is 19.6 Å². The van der Waals surface area contributed by atoms with Gasteiger partial charge in [0.05, 0.1) is 0 Å². The first kappa shape index (κ1) is 20.5. The van der Waals surface area contributed by atoms with Crippen molar-refractivity contribution >= 4 is 29.9 Å². The molecular formula is C20H25FIN3O. The molecule has 2 aromatic rings. The van der Waals surface area contributed by atoms with E-state index >= 15 is 0 Å². The summed E-state index contributed by atoms with van der Waals surface area (Å²) in [6.45, 7) is 2.05. The number of hydrogen-bond acceptors (Lipinski definition) is 2. The highest BCUT2D eigenvalue weighted by Gasteiger charge is 2.20. The molecule has 0 aromatic heterocycles. The van der Waals surface area contributed by atoms with E-state index in [2.05, 4.69) is 15.6 Å². The topological polar surface area (TPSA) is 45.7 Å². The van der Waals surface area contributed by atoms with Crippen LogP contribution in [0.4, 0.5) is 4.39 Å². The van der Waals surface area contributed by atoms with Crippen molar-refractivity contribution in [2.45, 2.75) is 26.0 Å². The molecule has 1 aliphatic carbocycles. The number of nitrogens with zero attached hydrogens (tertiary/aromatic N) is 1. The average Bonchev–Trinajstić information content (AvgIpc) is 3.45. The minimum atomic E-state index is -0.244. The fourth-order valence-corrected chi connectivity index (χ4v) is 2.47. The van der Waals surface area contributed by atoms with E-state index in [4.69, 9.17) is 4.74 Å².